The van der Waals surface area contributed by atoms with Crippen molar-refractivity contribution in [2.75, 3.05) is 19.4 Å². The monoisotopic (exact) mass is 320 g/mol. The fourth-order valence-corrected chi connectivity index (χ4v) is 2.60. The summed E-state index contributed by atoms with van der Waals surface area (Å²) in [5.41, 5.74) is 5.52. The van der Waals surface area contributed by atoms with Crippen molar-refractivity contribution >= 4 is 28.6 Å². The molecular formula is C12H20N2O4S2. The van der Waals surface area contributed by atoms with Gasteiger partial charge in [-0.15, -0.1) is 0 Å². The number of sulfone groups is 1. The van der Waals surface area contributed by atoms with Gasteiger partial charge in [-0.2, -0.15) is 12.6 Å². The van der Waals surface area contributed by atoms with Gasteiger partial charge in [0.15, 0.2) is 9.84 Å². The minimum Gasteiger partial charge on any atom is -0.445 e. The topological polar surface area (TPSA) is 89.7 Å². The van der Waals surface area contributed by atoms with E-state index in [2.05, 4.69) is 19.2 Å². The highest BCUT2D eigenvalue weighted by atomic mass is 32.2. The second-order valence-electron chi connectivity index (χ2n) is 4.65. The van der Waals surface area contributed by atoms with E-state index in [4.69, 9.17) is 10.5 Å². The van der Waals surface area contributed by atoms with Crippen molar-refractivity contribution < 1.29 is 17.9 Å². The van der Waals surface area contributed by atoms with E-state index in [9.17, 15) is 13.2 Å². The normalized spacial score (nSPS) is 24.9. The first-order chi connectivity index (χ1) is 9.25. The first-order valence-corrected chi connectivity index (χ1v) is 8.58. The summed E-state index contributed by atoms with van der Waals surface area (Å²) in [5, 5.41) is -1.05. The molecule has 0 aromatic rings. The van der Waals surface area contributed by atoms with Gasteiger partial charge in [0.1, 0.15) is 12.0 Å². The fraction of sp³-hybridized carbons (Fsp3) is 0.583. The second kappa shape index (κ2) is 7.14. The van der Waals surface area contributed by atoms with Gasteiger partial charge in [-0.1, -0.05) is 24.8 Å². The molecule has 1 heterocycles. The molecule has 0 aliphatic carbocycles. The Morgan fingerprint density at radius 1 is 1.65 bits per heavy atom. The highest BCUT2D eigenvalue weighted by Crippen LogP contribution is 2.23. The number of carbonyl (C=O) groups is 1. The molecule has 0 aromatic carbocycles. The van der Waals surface area contributed by atoms with Gasteiger partial charge in [-0.25, -0.2) is 13.2 Å². The van der Waals surface area contributed by atoms with E-state index in [1.165, 1.54) is 17.1 Å². The molecule has 0 radical (unpaired) electrons. The smallest absolute Gasteiger partial charge is 0.410 e. The molecular weight excluding hydrogens is 300 g/mol. The van der Waals surface area contributed by atoms with Crippen molar-refractivity contribution in [2.45, 2.75) is 23.1 Å². The number of nitrogens with two attached hydrogens (primary N) is 1. The van der Waals surface area contributed by atoms with Crippen molar-refractivity contribution in [1.82, 2.24) is 4.90 Å². The third-order valence-electron chi connectivity index (χ3n) is 2.90. The van der Waals surface area contributed by atoms with Gasteiger partial charge in [0.25, 0.3) is 0 Å². The summed E-state index contributed by atoms with van der Waals surface area (Å²) in [7, 11) is -3.34. The van der Waals surface area contributed by atoms with Gasteiger partial charge >= 0.3 is 6.09 Å². The molecule has 6 nitrogen and oxygen atoms in total. The summed E-state index contributed by atoms with van der Waals surface area (Å²) >= 11 is 4.35. The average Bonchev–Trinajstić information content (AvgIpc) is 2.73. The van der Waals surface area contributed by atoms with E-state index in [1.807, 2.05) is 0 Å². The molecule has 1 aliphatic rings. The minimum atomic E-state index is -3.34. The number of hydrogen-bond donors (Lipinski definition) is 2. The van der Waals surface area contributed by atoms with E-state index in [-0.39, 0.29) is 17.9 Å². The van der Waals surface area contributed by atoms with E-state index < -0.39 is 21.3 Å². The molecule has 0 saturated carbocycles. The molecule has 0 aromatic heterocycles. The number of hydrogen-bond acceptors (Lipinski definition) is 6. The van der Waals surface area contributed by atoms with Crippen LogP contribution in [0.4, 0.5) is 4.79 Å². The van der Waals surface area contributed by atoms with Gasteiger partial charge in [-0.05, 0) is 6.42 Å². The first-order valence-electron chi connectivity index (χ1n) is 6.11. The van der Waals surface area contributed by atoms with Crippen molar-refractivity contribution in [3.63, 3.8) is 0 Å². The number of rotatable bonds is 5. The lowest BCUT2D eigenvalue weighted by Crippen LogP contribution is -2.36. The molecule has 1 saturated heterocycles. The van der Waals surface area contributed by atoms with E-state index in [1.54, 1.807) is 6.08 Å². The molecule has 8 heteroatoms. The van der Waals surface area contributed by atoms with Gasteiger partial charge in [0.05, 0.1) is 6.04 Å². The maximum atomic E-state index is 11.8. The summed E-state index contributed by atoms with van der Waals surface area (Å²) in [6, 6.07) is -0.261. The van der Waals surface area contributed by atoms with Gasteiger partial charge in [0.2, 0.25) is 0 Å². The molecule has 0 bridgehead atoms. The van der Waals surface area contributed by atoms with Crippen LogP contribution in [-0.4, -0.2) is 55.5 Å². The maximum absolute atomic E-state index is 11.8. The Kier molecular flexibility index (Phi) is 6.09. The number of ether oxygens (including phenoxy) is 1. The van der Waals surface area contributed by atoms with Gasteiger partial charge < -0.3 is 15.4 Å². The molecule has 1 unspecified atom stereocenters. The molecule has 114 valence electrons. The van der Waals surface area contributed by atoms with Crippen LogP contribution in [0.2, 0.25) is 0 Å². The second-order valence-corrected chi connectivity index (χ2v) is 7.59. The van der Waals surface area contributed by atoms with Gasteiger partial charge in [0, 0.05) is 18.1 Å². The quantitative estimate of drug-likeness (QED) is 0.571. The molecule has 20 heavy (non-hydrogen) atoms. The zero-order chi connectivity index (χ0) is 15.3. The van der Waals surface area contributed by atoms with Crippen molar-refractivity contribution in [3.05, 3.63) is 24.8 Å². The largest absolute Gasteiger partial charge is 0.445 e. The Morgan fingerprint density at radius 3 is 2.85 bits per heavy atom. The Balaban J connectivity index is 2.73. The number of thiol groups is 1. The van der Waals surface area contributed by atoms with Crippen LogP contribution >= 0.6 is 12.6 Å². The van der Waals surface area contributed by atoms with Crippen molar-refractivity contribution in [3.8, 4) is 0 Å². The number of carbonyl (C=O) groups excluding carboxylic acids is 1. The van der Waals surface area contributed by atoms with Crippen LogP contribution < -0.4 is 5.73 Å². The van der Waals surface area contributed by atoms with Crippen molar-refractivity contribution in [2.24, 2.45) is 5.73 Å². The lowest BCUT2D eigenvalue weighted by molar-refractivity contribution is 0.114. The lowest BCUT2D eigenvalue weighted by atomic mass is 10.2. The minimum absolute atomic E-state index is 0.0235. The highest BCUT2D eigenvalue weighted by Gasteiger charge is 2.33. The summed E-state index contributed by atoms with van der Waals surface area (Å²) in [6.45, 7) is 4.05. The van der Waals surface area contributed by atoms with Crippen LogP contribution in [0, 0.1) is 0 Å². The number of amides is 1. The Bertz CT molecular complexity index is 490. The van der Waals surface area contributed by atoms with Crippen LogP contribution in [0.1, 0.15) is 6.42 Å². The predicted octanol–water partition coefficient (Wildman–Crippen LogP) is 0.567. The van der Waals surface area contributed by atoms with Crippen LogP contribution in [0.3, 0.4) is 0 Å². The van der Waals surface area contributed by atoms with Crippen LogP contribution in [0.5, 0.6) is 0 Å². The van der Waals surface area contributed by atoms with Crippen LogP contribution in [0.25, 0.3) is 0 Å². The van der Waals surface area contributed by atoms with E-state index in [0.29, 0.717) is 13.0 Å². The molecule has 3 atom stereocenters. The van der Waals surface area contributed by atoms with Gasteiger partial charge in [-0.3, -0.25) is 0 Å². The Morgan fingerprint density at radius 2 is 2.30 bits per heavy atom. The molecule has 1 fully saturated rings. The van der Waals surface area contributed by atoms with Crippen molar-refractivity contribution in [1.29, 1.82) is 0 Å². The summed E-state index contributed by atoms with van der Waals surface area (Å²) < 4.78 is 27.5. The average molecular weight is 320 g/mol. The fourth-order valence-electron chi connectivity index (χ4n) is 1.83. The molecule has 1 rings (SSSR count). The van der Waals surface area contributed by atoms with E-state index in [0.717, 1.165) is 6.26 Å². The Hall–Kier alpha value is -0.990. The molecule has 2 N–H and O–H groups in total. The third kappa shape index (κ3) is 4.84. The zero-order valence-corrected chi connectivity index (χ0v) is 13.0. The molecule has 1 amide bonds. The number of nitrogens with zero attached hydrogens (tertiary/aromatic N) is 1. The number of likely N-dealkylation sites (tertiary alicyclic amines) is 1. The standard InChI is InChI=1S/C12H20N2O4S2/c1-3-6-18-12(15)14-8-10(19)7-9(14)4-5-11(13)20(2,16)17/h3-5,9-11,19H,1,6-8,13H2,2H3/t9-,10+,11?/m1/s1. The molecule has 1 aliphatic heterocycles. The van der Waals surface area contributed by atoms with E-state index >= 15 is 0 Å². The summed E-state index contributed by atoms with van der Waals surface area (Å²) in [4.78, 5) is 13.3. The summed E-state index contributed by atoms with van der Waals surface area (Å²) in [5.74, 6) is 0. The first kappa shape index (κ1) is 17.1. The predicted molar refractivity (Wildman–Crippen MR) is 81.4 cm³/mol. The summed E-state index contributed by atoms with van der Waals surface area (Å²) in [6.07, 6.45) is 5.71. The zero-order valence-electron chi connectivity index (χ0n) is 11.3. The highest BCUT2D eigenvalue weighted by molar-refractivity contribution is 7.91. The maximum Gasteiger partial charge on any atom is 0.410 e. The van der Waals surface area contributed by atoms with Crippen LogP contribution in [-0.2, 0) is 14.6 Å². The Labute approximate surface area is 125 Å². The third-order valence-corrected chi connectivity index (χ3v) is 4.42. The van der Waals surface area contributed by atoms with Crippen LogP contribution in [0.15, 0.2) is 24.8 Å². The lowest BCUT2D eigenvalue weighted by Gasteiger charge is -2.21. The SMILES string of the molecule is C=CCOC(=O)N1C[C@@H](S)C[C@H]1C=CC(N)S(C)(=O)=O. The molecule has 0 spiro atoms.